The summed E-state index contributed by atoms with van der Waals surface area (Å²) >= 11 is 0. The van der Waals surface area contributed by atoms with Crippen LogP contribution in [0.5, 0.6) is 5.75 Å². The number of pyridine rings is 1. The van der Waals surface area contributed by atoms with E-state index < -0.39 is 0 Å². The van der Waals surface area contributed by atoms with Gasteiger partial charge in [-0.3, -0.25) is 4.98 Å². The highest BCUT2D eigenvalue weighted by Crippen LogP contribution is 2.16. The lowest BCUT2D eigenvalue weighted by atomic mass is 10.2. The van der Waals surface area contributed by atoms with E-state index in [1.807, 2.05) is 18.3 Å². The average Bonchev–Trinajstić information content (AvgIpc) is 2.36. The van der Waals surface area contributed by atoms with Crippen LogP contribution in [0.4, 0.5) is 0 Å². The molecule has 96 valence electrons. The van der Waals surface area contributed by atoms with Crippen molar-refractivity contribution in [2.24, 2.45) is 0 Å². The Hall–Kier alpha value is -1.09. The highest BCUT2D eigenvalue weighted by atomic mass is 16.5. The van der Waals surface area contributed by atoms with Gasteiger partial charge in [-0.1, -0.05) is 13.8 Å². The van der Waals surface area contributed by atoms with Gasteiger partial charge in [0.2, 0.25) is 0 Å². The lowest BCUT2D eigenvalue weighted by Crippen LogP contribution is -2.20. The van der Waals surface area contributed by atoms with E-state index in [-0.39, 0.29) is 6.10 Å². The Morgan fingerprint density at radius 2 is 2.06 bits per heavy atom. The molecule has 1 rings (SSSR count). The topological polar surface area (TPSA) is 34.1 Å². The minimum atomic E-state index is 0.248. The first-order valence-corrected chi connectivity index (χ1v) is 6.53. The van der Waals surface area contributed by atoms with Gasteiger partial charge in [0.1, 0.15) is 5.75 Å². The number of ether oxygens (including phenoxy) is 1. The van der Waals surface area contributed by atoms with Crippen molar-refractivity contribution in [2.45, 2.75) is 52.7 Å². The Morgan fingerprint density at radius 3 is 2.59 bits per heavy atom. The second-order valence-corrected chi connectivity index (χ2v) is 4.43. The van der Waals surface area contributed by atoms with Crippen molar-refractivity contribution in [1.29, 1.82) is 0 Å². The van der Waals surface area contributed by atoms with Crippen molar-refractivity contribution in [1.82, 2.24) is 10.3 Å². The predicted molar refractivity (Wildman–Crippen MR) is 71.3 cm³/mol. The van der Waals surface area contributed by atoms with Crippen LogP contribution in [0, 0.1) is 0 Å². The summed E-state index contributed by atoms with van der Waals surface area (Å²) in [6.07, 6.45) is 4.21. The van der Waals surface area contributed by atoms with Crippen LogP contribution in [-0.4, -0.2) is 17.6 Å². The van der Waals surface area contributed by atoms with Gasteiger partial charge in [0.15, 0.2) is 0 Å². The standard InChI is InChI=1S/C14H24N2O/c1-5-9-15-12(4)14-8-7-13(10-16-14)17-11(3)6-2/h7-8,10-12,15H,5-6,9H2,1-4H3. The molecule has 1 N–H and O–H groups in total. The van der Waals surface area contributed by atoms with Crippen molar-refractivity contribution >= 4 is 0 Å². The maximum atomic E-state index is 5.70. The van der Waals surface area contributed by atoms with Gasteiger partial charge in [-0.2, -0.15) is 0 Å². The molecule has 1 aromatic heterocycles. The fourth-order valence-electron chi connectivity index (χ4n) is 1.50. The third-order valence-electron chi connectivity index (χ3n) is 2.82. The van der Waals surface area contributed by atoms with E-state index >= 15 is 0 Å². The van der Waals surface area contributed by atoms with Gasteiger partial charge in [-0.25, -0.2) is 0 Å². The highest BCUT2D eigenvalue weighted by Gasteiger charge is 2.06. The zero-order valence-electron chi connectivity index (χ0n) is 11.4. The molecule has 1 heterocycles. The van der Waals surface area contributed by atoms with Crippen LogP contribution < -0.4 is 10.1 Å². The summed E-state index contributed by atoms with van der Waals surface area (Å²) in [7, 11) is 0. The summed E-state index contributed by atoms with van der Waals surface area (Å²) in [5, 5.41) is 3.42. The molecule has 0 fully saturated rings. The summed E-state index contributed by atoms with van der Waals surface area (Å²) in [4.78, 5) is 4.43. The van der Waals surface area contributed by atoms with Crippen molar-refractivity contribution in [3.63, 3.8) is 0 Å². The Morgan fingerprint density at radius 1 is 1.29 bits per heavy atom. The van der Waals surface area contributed by atoms with Crippen LogP contribution in [0.25, 0.3) is 0 Å². The third-order valence-corrected chi connectivity index (χ3v) is 2.82. The highest BCUT2D eigenvalue weighted by molar-refractivity contribution is 5.21. The zero-order valence-corrected chi connectivity index (χ0v) is 11.4. The van der Waals surface area contributed by atoms with Crippen molar-refractivity contribution in [3.05, 3.63) is 24.0 Å². The fourth-order valence-corrected chi connectivity index (χ4v) is 1.50. The van der Waals surface area contributed by atoms with Crippen LogP contribution in [0.3, 0.4) is 0 Å². The van der Waals surface area contributed by atoms with E-state index in [9.17, 15) is 0 Å². The molecule has 0 aromatic carbocycles. The molecule has 0 bridgehead atoms. The maximum Gasteiger partial charge on any atom is 0.138 e. The molecule has 0 saturated carbocycles. The van der Waals surface area contributed by atoms with E-state index in [1.54, 1.807) is 0 Å². The van der Waals surface area contributed by atoms with E-state index in [1.165, 1.54) is 0 Å². The summed E-state index contributed by atoms with van der Waals surface area (Å²) in [5.74, 6) is 0.853. The van der Waals surface area contributed by atoms with Crippen LogP contribution in [0.15, 0.2) is 18.3 Å². The van der Waals surface area contributed by atoms with E-state index in [0.717, 1.165) is 30.8 Å². The molecular weight excluding hydrogens is 212 g/mol. The normalized spacial score (nSPS) is 14.4. The van der Waals surface area contributed by atoms with Crippen LogP contribution in [0.1, 0.15) is 52.3 Å². The molecule has 3 heteroatoms. The minimum Gasteiger partial charge on any atom is -0.489 e. The van der Waals surface area contributed by atoms with Crippen molar-refractivity contribution < 1.29 is 4.74 Å². The first-order valence-electron chi connectivity index (χ1n) is 6.53. The van der Waals surface area contributed by atoms with Crippen LogP contribution in [0.2, 0.25) is 0 Å². The number of aromatic nitrogens is 1. The molecule has 0 aliphatic rings. The summed E-state index contributed by atoms with van der Waals surface area (Å²) in [6.45, 7) is 9.50. The van der Waals surface area contributed by atoms with Gasteiger partial charge in [0, 0.05) is 6.04 Å². The Balaban J connectivity index is 2.54. The van der Waals surface area contributed by atoms with Crippen LogP contribution in [-0.2, 0) is 0 Å². The number of hydrogen-bond acceptors (Lipinski definition) is 3. The second-order valence-electron chi connectivity index (χ2n) is 4.43. The molecule has 2 atom stereocenters. The monoisotopic (exact) mass is 236 g/mol. The van der Waals surface area contributed by atoms with Gasteiger partial charge in [0.05, 0.1) is 18.0 Å². The third kappa shape index (κ3) is 4.73. The molecule has 0 aliphatic heterocycles. The van der Waals surface area contributed by atoms with E-state index in [0.29, 0.717) is 6.04 Å². The van der Waals surface area contributed by atoms with Gasteiger partial charge >= 0.3 is 0 Å². The number of nitrogens with one attached hydrogen (secondary N) is 1. The Kier molecular flexibility index (Phi) is 5.98. The lowest BCUT2D eigenvalue weighted by molar-refractivity contribution is 0.216. The Labute approximate surface area is 105 Å². The first kappa shape index (κ1) is 14.0. The molecule has 0 amide bonds. The van der Waals surface area contributed by atoms with Crippen molar-refractivity contribution in [3.8, 4) is 5.75 Å². The quantitative estimate of drug-likeness (QED) is 0.788. The molecule has 3 nitrogen and oxygen atoms in total. The first-order chi connectivity index (χ1) is 8.17. The van der Waals surface area contributed by atoms with E-state index in [4.69, 9.17) is 4.74 Å². The van der Waals surface area contributed by atoms with E-state index in [2.05, 4.69) is 38.0 Å². The zero-order chi connectivity index (χ0) is 12.7. The summed E-state index contributed by atoms with van der Waals surface area (Å²) in [5.41, 5.74) is 1.06. The molecule has 2 unspecified atom stereocenters. The van der Waals surface area contributed by atoms with Gasteiger partial charge in [-0.05, 0) is 45.4 Å². The SMILES string of the molecule is CCCNC(C)c1ccc(OC(C)CC)cn1. The number of hydrogen-bond donors (Lipinski definition) is 1. The number of nitrogens with zero attached hydrogens (tertiary/aromatic N) is 1. The maximum absolute atomic E-state index is 5.70. The van der Waals surface area contributed by atoms with Gasteiger partial charge in [-0.15, -0.1) is 0 Å². The molecule has 0 spiro atoms. The predicted octanol–water partition coefficient (Wildman–Crippen LogP) is 3.32. The van der Waals surface area contributed by atoms with Gasteiger partial charge in [0.25, 0.3) is 0 Å². The van der Waals surface area contributed by atoms with Crippen molar-refractivity contribution in [2.75, 3.05) is 6.54 Å². The smallest absolute Gasteiger partial charge is 0.138 e. The molecule has 0 radical (unpaired) electrons. The Bertz CT molecular complexity index is 311. The molecular formula is C14H24N2O. The molecule has 1 aromatic rings. The average molecular weight is 236 g/mol. The molecule has 17 heavy (non-hydrogen) atoms. The summed E-state index contributed by atoms with van der Waals surface area (Å²) in [6, 6.07) is 4.33. The van der Waals surface area contributed by atoms with Crippen LogP contribution >= 0.6 is 0 Å². The fraction of sp³-hybridized carbons (Fsp3) is 0.643. The summed E-state index contributed by atoms with van der Waals surface area (Å²) < 4.78 is 5.70. The second kappa shape index (κ2) is 7.28. The molecule has 0 aliphatic carbocycles. The lowest BCUT2D eigenvalue weighted by Gasteiger charge is -2.15. The number of rotatable bonds is 7. The minimum absolute atomic E-state index is 0.248. The molecule has 0 saturated heterocycles. The van der Waals surface area contributed by atoms with Gasteiger partial charge < -0.3 is 10.1 Å². The largest absolute Gasteiger partial charge is 0.489 e.